The molecule has 6 heterocycles. The number of fused-ring (bicyclic) bond motifs is 2. The molecule has 1 aliphatic heterocycles. The Balaban J connectivity index is 1.40. The molecule has 5 aromatic rings. The zero-order valence-electron chi connectivity index (χ0n) is 17.4. The maximum Gasteiger partial charge on any atom is 0.312 e. The number of aromatic nitrogens is 8. The van der Waals surface area contributed by atoms with Crippen molar-refractivity contribution in [3.8, 4) is 11.6 Å². The van der Waals surface area contributed by atoms with Gasteiger partial charge in [0.15, 0.2) is 0 Å². The van der Waals surface area contributed by atoms with Crippen LogP contribution in [0.2, 0.25) is 0 Å². The van der Waals surface area contributed by atoms with E-state index in [1.807, 2.05) is 35.8 Å². The smallest absolute Gasteiger partial charge is 0.312 e. The van der Waals surface area contributed by atoms with Gasteiger partial charge in [-0.25, -0.2) is 9.50 Å². The normalized spacial score (nSPS) is 15.9. The third-order valence-electron chi connectivity index (χ3n) is 5.63. The molecule has 1 aliphatic rings. The van der Waals surface area contributed by atoms with Gasteiger partial charge in [0, 0.05) is 38.1 Å². The van der Waals surface area contributed by atoms with E-state index in [-0.39, 0.29) is 17.7 Å². The molecule has 1 atom stereocenters. The molecule has 32 heavy (non-hydrogen) atoms. The van der Waals surface area contributed by atoms with Gasteiger partial charge in [0.25, 0.3) is 5.89 Å². The fourth-order valence-electron chi connectivity index (χ4n) is 4.10. The lowest BCUT2D eigenvalue weighted by Gasteiger charge is -2.32. The number of carbonyl (C=O) groups is 1. The molecule has 0 saturated carbocycles. The second kappa shape index (κ2) is 6.87. The van der Waals surface area contributed by atoms with E-state index in [1.165, 1.54) is 0 Å². The molecule has 1 N–H and O–H groups in total. The van der Waals surface area contributed by atoms with Gasteiger partial charge in [0.05, 0.1) is 23.2 Å². The number of aromatic amines is 1. The van der Waals surface area contributed by atoms with Crippen LogP contribution in [-0.2, 0) is 13.5 Å². The van der Waals surface area contributed by atoms with Gasteiger partial charge in [-0.2, -0.15) is 10.2 Å². The zero-order chi connectivity index (χ0) is 21.8. The van der Waals surface area contributed by atoms with Crippen molar-refractivity contribution in [1.29, 1.82) is 0 Å². The highest BCUT2D eigenvalue weighted by Gasteiger charge is 2.38. The minimum absolute atomic E-state index is 0.0887. The van der Waals surface area contributed by atoms with Crippen LogP contribution in [-0.4, -0.2) is 56.9 Å². The topological polar surface area (TPSA) is 123 Å². The summed E-state index contributed by atoms with van der Waals surface area (Å²) in [6, 6.07) is 7.29. The zero-order valence-corrected chi connectivity index (χ0v) is 17.4. The number of rotatable bonds is 3. The molecule has 0 aliphatic carbocycles. The van der Waals surface area contributed by atoms with Crippen LogP contribution >= 0.6 is 0 Å². The number of nitrogens with one attached hydrogen (secondary N) is 1. The minimum atomic E-state index is -0.470. The van der Waals surface area contributed by atoms with E-state index in [9.17, 15) is 4.79 Å². The van der Waals surface area contributed by atoms with Crippen molar-refractivity contribution in [2.45, 2.75) is 19.4 Å². The largest absolute Gasteiger partial charge is 0.411 e. The Morgan fingerprint density at radius 3 is 2.97 bits per heavy atom. The molecule has 6 rings (SSSR count). The average Bonchev–Trinajstić information content (AvgIpc) is 3.57. The number of carbonyl (C=O) groups excluding carboxylic acids is 1. The summed E-state index contributed by atoms with van der Waals surface area (Å²) >= 11 is 0. The van der Waals surface area contributed by atoms with Crippen LogP contribution in [0.1, 0.15) is 39.4 Å². The summed E-state index contributed by atoms with van der Waals surface area (Å²) in [7, 11) is 1.79. The van der Waals surface area contributed by atoms with Crippen LogP contribution in [0.4, 0.5) is 0 Å². The van der Waals surface area contributed by atoms with E-state index in [1.54, 1.807) is 35.2 Å². The number of aryl methyl sites for hydroxylation is 2. The fraction of sp³-hybridized carbons (Fsp3) is 0.238. The molecule has 1 unspecified atom stereocenters. The van der Waals surface area contributed by atoms with Gasteiger partial charge in [0.2, 0.25) is 0 Å². The number of pyridine rings is 1. The Hall–Kier alpha value is -4.28. The number of amides is 1. The maximum absolute atomic E-state index is 13.5. The lowest BCUT2D eigenvalue weighted by molar-refractivity contribution is 0.0646. The SMILES string of the molecule is Cc1ccc2cc(C3c4nc[nH]c4CCN3C(=O)c3nnc(-c4ccn(C)n4)o3)nn2c1. The van der Waals surface area contributed by atoms with E-state index in [0.29, 0.717) is 18.7 Å². The third kappa shape index (κ3) is 2.89. The first-order valence-electron chi connectivity index (χ1n) is 10.2. The van der Waals surface area contributed by atoms with Gasteiger partial charge in [-0.1, -0.05) is 6.07 Å². The summed E-state index contributed by atoms with van der Waals surface area (Å²) in [6.45, 7) is 2.48. The van der Waals surface area contributed by atoms with E-state index in [0.717, 1.165) is 28.2 Å². The second-order valence-electron chi connectivity index (χ2n) is 7.85. The Morgan fingerprint density at radius 1 is 1.22 bits per heavy atom. The summed E-state index contributed by atoms with van der Waals surface area (Å²) in [5.74, 6) is -0.257. The Kier molecular flexibility index (Phi) is 3.97. The number of nitrogens with zero attached hydrogens (tertiary/aromatic N) is 8. The van der Waals surface area contributed by atoms with E-state index in [4.69, 9.17) is 9.52 Å². The van der Waals surface area contributed by atoms with Crippen molar-refractivity contribution in [3.05, 3.63) is 71.5 Å². The number of hydrogen-bond donors (Lipinski definition) is 1. The summed E-state index contributed by atoms with van der Waals surface area (Å²) in [5.41, 5.74) is 5.04. The summed E-state index contributed by atoms with van der Waals surface area (Å²) in [5, 5.41) is 17.0. The number of imidazole rings is 1. The predicted molar refractivity (Wildman–Crippen MR) is 112 cm³/mol. The lowest BCUT2D eigenvalue weighted by atomic mass is 9.99. The molecule has 5 aromatic heterocycles. The highest BCUT2D eigenvalue weighted by atomic mass is 16.4. The van der Waals surface area contributed by atoms with E-state index < -0.39 is 6.04 Å². The number of hydrogen-bond acceptors (Lipinski definition) is 7. The van der Waals surface area contributed by atoms with Crippen LogP contribution in [0.15, 0.2) is 47.4 Å². The average molecular weight is 429 g/mol. The van der Waals surface area contributed by atoms with Crippen molar-refractivity contribution in [3.63, 3.8) is 0 Å². The predicted octanol–water partition coefficient (Wildman–Crippen LogP) is 1.94. The lowest BCUT2D eigenvalue weighted by Crippen LogP contribution is -2.41. The van der Waals surface area contributed by atoms with Gasteiger partial charge in [-0.15, -0.1) is 10.2 Å². The van der Waals surface area contributed by atoms with Crippen LogP contribution < -0.4 is 0 Å². The minimum Gasteiger partial charge on any atom is -0.411 e. The van der Waals surface area contributed by atoms with Crippen molar-refractivity contribution >= 4 is 11.4 Å². The second-order valence-corrected chi connectivity index (χ2v) is 7.85. The molecule has 11 heteroatoms. The molecule has 0 spiro atoms. The highest BCUT2D eigenvalue weighted by Crippen LogP contribution is 2.34. The van der Waals surface area contributed by atoms with Gasteiger partial charge < -0.3 is 14.3 Å². The molecular weight excluding hydrogens is 410 g/mol. The molecule has 160 valence electrons. The molecule has 0 aromatic carbocycles. The quantitative estimate of drug-likeness (QED) is 0.465. The van der Waals surface area contributed by atoms with Gasteiger partial charge in [-0.3, -0.25) is 9.48 Å². The summed E-state index contributed by atoms with van der Waals surface area (Å²) < 4.78 is 9.13. The molecule has 1 amide bonds. The van der Waals surface area contributed by atoms with Crippen LogP contribution in [0, 0.1) is 6.92 Å². The van der Waals surface area contributed by atoms with Crippen molar-refractivity contribution < 1.29 is 9.21 Å². The molecule has 11 nitrogen and oxygen atoms in total. The molecule has 0 saturated heterocycles. The first kappa shape index (κ1) is 18.5. The monoisotopic (exact) mass is 429 g/mol. The van der Waals surface area contributed by atoms with Crippen molar-refractivity contribution in [1.82, 2.24) is 44.5 Å². The molecule has 0 bridgehead atoms. The van der Waals surface area contributed by atoms with Crippen molar-refractivity contribution in [2.75, 3.05) is 6.54 Å². The van der Waals surface area contributed by atoms with Gasteiger partial charge >= 0.3 is 11.8 Å². The summed E-state index contributed by atoms with van der Waals surface area (Å²) in [4.78, 5) is 22.8. The summed E-state index contributed by atoms with van der Waals surface area (Å²) in [6.07, 6.45) is 6.02. The van der Waals surface area contributed by atoms with E-state index in [2.05, 4.69) is 25.3 Å². The first-order valence-corrected chi connectivity index (χ1v) is 10.2. The molecule has 0 fully saturated rings. The van der Waals surface area contributed by atoms with Crippen LogP contribution in [0.3, 0.4) is 0 Å². The Bertz CT molecular complexity index is 1460. The third-order valence-corrected chi connectivity index (χ3v) is 5.63. The van der Waals surface area contributed by atoms with Gasteiger partial charge in [-0.05, 0) is 30.7 Å². The Morgan fingerprint density at radius 2 is 2.12 bits per heavy atom. The van der Waals surface area contributed by atoms with E-state index >= 15 is 0 Å². The first-order chi connectivity index (χ1) is 15.6. The molecule has 0 radical (unpaired) electrons. The van der Waals surface area contributed by atoms with Crippen LogP contribution in [0.25, 0.3) is 17.1 Å². The Labute approximate surface area is 181 Å². The number of H-pyrrole nitrogens is 1. The standard InChI is InChI=1S/C21H19N9O2/c1-12-3-4-13-9-16(27-30(13)10-12)18-17-14(22-11-23-17)6-8-29(18)21(31)20-25-24-19(32-20)15-5-7-28(2)26-15/h3-5,7,9-11,18H,6,8H2,1-2H3,(H,22,23). The highest BCUT2D eigenvalue weighted by molar-refractivity contribution is 5.90. The van der Waals surface area contributed by atoms with Crippen LogP contribution in [0.5, 0.6) is 0 Å². The van der Waals surface area contributed by atoms with Gasteiger partial charge in [0.1, 0.15) is 11.7 Å². The van der Waals surface area contributed by atoms with Crippen molar-refractivity contribution in [2.24, 2.45) is 7.05 Å². The fourth-order valence-corrected chi connectivity index (χ4v) is 4.10. The molecular formula is C21H19N9O2. The maximum atomic E-state index is 13.5.